The van der Waals surface area contributed by atoms with Crippen molar-refractivity contribution in [3.8, 4) is 0 Å². The van der Waals surface area contributed by atoms with Gasteiger partial charge in [-0.1, -0.05) is 5.16 Å². The molecule has 4 nitrogen and oxygen atoms in total. The summed E-state index contributed by atoms with van der Waals surface area (Å²) in [5, 5.41) is 3.95. The van der Waals surface area contributed by atoms with Crippen LogP contribution in [0.4, 0.5) is 5.88 Å². The zero-order valence-corrected chi connectivity index (χ0v) is 7.70. The quantitative estimate of drug-likeness (QED) is 0.748. The Morgan fingerprint density at radius 3 is 2.92 bits per heavy atom. The Balaban J connectivity index is 2.03. The van der Waals surface area contributed by atoms with Crippen LogP contribution in [-0.4, -0.2) is 24.8 Å². The third-order valence-electron chi connectivity index (χ3n) is 2.36. The van der Waals surface area contributed by atoms with Crippen LogP contribution in [0.3, 0.4) is 0 Å². The Bertz CT molecular complexity index is 266. The molecule has 0 saturated carbocycles. The number of hydrogen-bond acceptors (Lipinski definition) is 4. The summed E-state index contributed by atoms with van der Waals surface area (Å²) in [5.41, 5.74) is 6.39. The minimum atomic E-state index is 0.631. The number of nitrogens with zero attached hydrogens (tertiary/aromatic N) is 2. The van der Waals surface area contributed by atoms with Crippen molar-refractivity contribution < 1.29 is 4.52 Å². The highest BCUT2D eigenvalue weighted by Crippen LogP contribution is 2.20. The maximum atomic E-state index is 5.43. The molecular formula is C9H15N3O. The highest BCUT2D eigenvalue weighted by Gasteiger charge is 2.16. The van der Waals surface area contributed by atoms with Crippen LogP contribution in [-0.2, 0) is 6.42 Å². The van der Waals surface area contributed by atoms with Crippen molar-refractivity contribution in [1.29, 1.82) is 0 Å². The lowest BCUT2D eigenvalue weighted by molar-refractivity contribution is 0.412. The summed E-state index contributed by atoms with van der Waals surface area (Å²) in [6.07, 6.45) is 3.32. The first kappa shape index (κ1) is 8.56. The molecule has 0 aliphatic carbocycles. The van der Waals surface area contributed by atoms with E-state index in [0.29, 0.717) is 6.54 Å². The van der Waals surface area contributed by atoms with E-state index < -0.39 is 0 Å². The predicted molar refractivity (Wildman–Crippen MR) is 50.7 cm³/mol. The van der Waals surface area contributed by atoms with Crippen LogP contribution in [0.15, 0.2) is 10.6 Å². The van der Waals surface area contributed by atoms with Crippen molar-refractivity contribution in [2.75, 3.05) is 24.5 Å². The molecule has 1 aromatic heterocycles. The summed E-state index contributed by atoms with van der Waals surface area (Å²) in [7, 11) is 0. The smallest absolute Gasteiger partial charge is 0.227 e. The lowest BCUT2D eigenvalue weighted by atomic mass is 10.3. The summed E-state index contributed by atoms with van der Waals surface area (Å²) < 4.78 is 5.22. The van der Waals surface area contributed by atoms with Gasteiger partial charge in [0.15, 0.2) is 0 Å². The average Bonchev–Trinajstić information content (AvgIpc) is 2.70. The lowest BCUT2D eigenvalue weighted by Gasteiger charge is -2.10. The van der Waals surface area contributed by atoms with E-state index in [2.05, 4.69) is 10.1 Å². The highest BCUT2D eigenvalue weighted by molar-refractivity contribution is 5.36. The molecule has 2 heterocycles. The molecule has 1 aliphatic rings. The Morgan fingerprint density at radius 1 is 1.46 bits per heavy atom. The zero-order valence-electron chi connectivity index (χ0n) is 7.70. The largest absolute Gasteiger partial charge is 0.341 e. The van der Waals surface area contributed by atoms with E-state index in [9.17, 15) is 0 Å². The van der Waals surface area contributed by atoms with Crippen molar-refractivity contribution in [2.45, 2.75) is 19.3 Å². The van der Waals surface area contributed by atoms with Crippen molar-refractivity contribution in [1.82, 2.24) is 5.16 Å². The van der Waals surface area contributed by atoms with Crippen molar-refractivity contribution in [3.05, 3.63) is 11.8 Å². The number of anilines is 1. The van der Waals surface area contributed by atoms with Gasteiger partial charge < -0.3 is 15.2 Å². The van der Waals surface area contributed by atoms with Gasteiger partial charge in [-0.05, 0) is 19.4 Å². The van der Waals surface area contributed by atoms with Crippen molar-refractivity contribution >= 4 is 5.88 Å². The maximum absolute atomic E-state index is 5.43. The fourth-order valence-corrected chi connectivity index (χ4v) is 1.65. The van der Waals surface area contributed by atoms with Crippen LogP contribution < -0.4 is 10.6 Å². The van der Waals surface area contributed by atoms with E-state index in [-0.39, 0.29) is 0 Å². The Hall–Kier alpha value is -1.03. The van der Waals surface area contributed by atoms with Crippen LogP contribution in [0.2, 0.25) is 0 Å². The number of aromatic nitrogens is 1. The topological polar surface area (TPSA) is 55.3 Å². The van der Waals surface area contributed by atoms with E-state index in [0.717, 1.165) is 31.1 Å². The molecule has 2 N–H and O–H groups in total. The molecule has 0 radical (unpaired) electrons. The monoisotopic (exact) mass is 181 g/mol. The summed E-state index contributed by atoms with van der Waals surface area (Å²) in [4.78, 5) is 2.23. The van der Waals surface area contributed by atoms with Crippen LogP contribution >= 0.6 is 0 Å². The molecule has 1 aliphatic heterocycles. The Kier molecular flexibility index (Phi) is 2.49. The first-order chi connectivity index (χ1) is 6.40. The molecule has 0 unspecified atom stereocenters. The second-order valence-corrected chi connectivity index (χ2v) is 3.39. The summed E-state index contributed by atoms with van der Waals surface area (Å²) >= 11 is 0. The second kappa shape index (κ2) is 3.79. The Labute approximate surface area is 77.7 Å². The first-order valence-corrected chi connectivity index (χ1v) is 4.81. The molecule has 1 aromatic rings. The summed E-state index contributed by atoms with van der Waals surface area (Å²) in [6, 6.07) is 2.00. The molecule has 0 aromatic carbocycles. The number of nitrogens with two attached hydrogens (primary N) is 1. The Morgan fingerprint density at radius 2 is 2.23 bits per heavy atom. The summed E-state index contributed by atoms with van der Waals surface area (Å²) in [5.74, 6) is 0.904. The predicted octanol–water partition coefficient (Wildman–Crippen LogP) is 0.776. The van der Waals surface area contributed by atoms with Crippen molar-refractivity contribution in [3.63, 3.8) is 0 Å². The van der Waals surface area contributed by atoms with E-state index in [1.54, 1.807) is 0 Å². The fraction of sp³-hybridized carbons (Fsp3) is 0.667. The maximum Gasteiger partial charge on any atom is 0.227 e. The molecule has 0 atom stereocenters. The normalized spacial score (nSPS) is 16.8. The third-order valence-corrected chi connectivity index (χ3v) is 2.36. The molecule has 1 saturated heterocycles. The van der Waals surface area contributed by atoms with Crippen LogP contribution in [0.1, 0.15) is 18.5 Å². The average molecular weight is 181 g/mol. The van der Waals surface area contributed by atoms with Crippen LogP contribution in [0, 0.1) is 0 Å². The molecule has 2 rings (SSSR count). The SMILES string of the molecule is NCCc1cc(N2CCCC2)on1. The summed E-state index contributed by atoms with van der Waals surface area (Å²) in [6.45, 7) is 2.82. The first-order valence-electron chi connectivity index (χ1n) is 4.81. The lowest BCUT2D eigenvalue weighted by Crippen LogP contribution is -2.16. The van der Waals surface area contributed by atoms with Crippen molar-refractivity contribution in [2.24, 2.45) is 5.73 Å². The van der Waals surface area contributed by atoms with Gasteiger partial charge in [0.1, 0.15) is 0 Å². The molecular weight excluding hydrogens is 166 g/mol. The number of hydrogen-bond donors (Lipinski definition) is 1. The number of rotatable bonds is 3. The van der Waals surface area contributed by atoms with Gasteiger partial charge in [-0.2, -0.15) is 0 Å². The van der Waals surface area contributed by atoms with Gasteiger partial charge in [0, 0.05) is 25.6 Å². The fourth-order valence-electron chi connectivity index (χ4n) is 1.65. The molecule has 0 spiro atoms. The zero-order chi connectivity index (χ0) is 9.10. The van der Waals surface area contributed by atoms with Crippen LogP contribution in [0.25, 0.3) is 0 Å². The minimum absolute atomic E-state index is 0.631. The van der Waals surface area contributed by atoms with Gasteiger partial charge in [0.05, 0.1) is 5.69 Å². The van der Waals surface area contributed by atoms with E-state index in [1.807, 2.05) is 6.07 Å². The second-order valence-electron chi connectivity index (χ2n) is 3.39. The van der Waals surface area contributed by atoms with Gasteiger partial charge in [0.2, 0.25) is 5.88 Å². The van der Waals surface area contributed by atoms with Gasteiger partial charge in [0.25, 0.3) is 0 Å². The standard InChI is InChI=1S/C9H15N3O/c10-4-3-8-7-9(13-11-8)12-5-1-2-6-12/h7H,1-6,10H2. The molecule has 72 valence electrons. The van der Waals surface area contributed by atoms with Gasteiger partial charge in [-0.3, -0.25) is 0 Å². The molecule has 0 amide bonds. The van der Waals surface area contributed by atoms with Gasteiger partial charge >= 0.3 is 0 Å². The van der Waals surface area contributed by atoms with E-state index in [4.69, 9.17) is 10.3 Å². The van der Waals surface area contributed by atoms with E-state index in [1.165, 1.54) is 12.8 Å². The molecule has 0 bridgehead atoms. The van der Waals surface area contributed by atoms with Gasteiger partial charge in [-0.15, -0.1) is 0 Å². The van der Waals surface area contributed by atoms with E-state index >= 15 is 0 Å². The highest BCUT2D eigenvalue weighted by atomic mass is 16.5. The molecule has 1 fully saturated rings. The van der Waals surface area contributed by atoms with Gasteiger partial charge in [-0.25, -0.2) is 0 Å². The van der Waals surface area contributed by atoms with Crippen LogP contribution in [0.5, 0.6) is 0 Å². The minimum Gasteiger partial charge on any atom is -0.341 e. The molecule has 13 heavy (non-hydrogen) atoms. The molecule has 4 heteroatoms. The third kappa shape index (κ3) is 1.83.